The predicted molar refractivity (Wildman–Crippen MR) is 137 cm³/mol. The van der Waals surface area contributed by atoms with E-state index in [1.54, 1.807) is 54.7 Å². The molecule has 186 valence electrons. The van der Waals surface area contributed by atoms with Crippen LogP contribution in [0, 0.1) is 0 Å². The van der Waals surface area contributed by atoms with Crippen molar-refractivity contribution in [2.24, 2.45) is 0 Å². The first-order valence-electron chi connectivity index (χ1n) is 10.9. The summed E-state index contributed by atoms with van der Waals surface area (Å²) in [6.07, 6.45) is 1.59. The van der Waals surface area contributed by atoms with E-state index < -0.39 is 10.0 Å². The number of nitrogens with one attached hydrogen (secondary N) is 1. The summed E-state index contributed by atoms with van der Waals surface area (Å²) >= 11 is 6.53. The topological polar surface area (TPSA) is 116 Å². The smallest absolute Gasteiger partial charge is 0.263 e. The summed E-state index contributed by atoms with van der Waals surface area (Å²) in [5.41, 5.74) is 0.500. The van der Waals surface area contributed by atoms with Gasteiger partial charge in [0.2, 0.25) is 11.6 Å². The molecule has 9 nitrogen and oxygen atoms in total. The molecule has 0 aliphatic heterocycles. The first kappa shape index (κ1) is 25.3. The molecule has 0 bridgehead atoms. The molecule has 0 saturated heterocycles. The maximum absolute atomic E-state index is 13.1. The molecule has 0 amide bonds. The Morgan fingerprint density at radius 1 is 0.861 bits per heavy atom. The lowest BCUT2D eigenvalue weighted by molar-refractivity contribution is 0.378. The number of hydrogen-bond donors (Lipinski definition) is 1. The average molecular weight is 526 g/mol. The van der Waals surface area contributed by atoms with Crippen LogP contribution in [0.5, 0.6) is 17.2 Å². The van der Waals surface area contributed by atoms with Gasteiger partial charge in [0, 0.05) is 17.3 Å². The van der Waals surface area contributed by atoms with E-state index in [0.29, 0.717) is 11.5 Å². The summed E-state index contributed by atoms with van der Waals surface area (Å²) in [5.74, 6) is 0.651. The molecule has 2 heterocycles. The number of aromatic nitrogens is 4. The number of para-hydroxylation sites is 2. The van der Waals surface area contributed by atoms with E-state index in [1.807, 2.05) is 20.8 Å². The van der Waals surface area contributed by atoms with E-state index >= 15 is 0 Å². The molecule has 0 aliphatic rings. The Bertz CT molecular complexity index is 1490. The van der Waals surface area contributed by atoms with Gasteiger partial charge in [-0.3, -0.25) is 4.72 Å². The molecule has 0 atom stereocenters. The van der Waals surface area contributed by atoms with Crippen LogP contribution in [-0.4, -0.2) is 35.5 Å². The third-order valence-electron chi connectivity index (χ3n) is 5.01. The van der Waals surface area contributed by atoms with E-state index in [4.69, 9.17) is 21.1 Å². The van der Waals surface area contributed by atoms with Crippen LogP contribution in [0.2, 0.25) is 5.15 Å². The monoisotopic (exact) mass is 525 g/mol. The molecule has 2 aromatic carbocycles. The van der Waals surface area contributed by atoms with Crippen LogP contribution in [0.15, 0.2) is 71.8 Å². The van der Waals surface area contributed by atoms with Gasteiger partial charge in [0.25, 0.3) is 10.0 Å². The average Bonchev–Trinajstić information content (AvgIpc) is 2.86. The van der Waals surface area contributed by atoms with Crippen molar-refractivity contribution in [2.45, 2.75) is 31.1 Å². The van der Waals surface area contributed by atoms with E-state index in [1.165, 1.54) is 19.2 Å². The van der Waals surface area contributed by atoms with E-state index in [2.05, 4.69) is 24.7 Å². The van der Waals surface area contributed by atoms with Crippen LogP contribution in [0.25, 0.3) is 11.6 Å². The van der Waals surface area contributed by atoms with Crippen LogP contribution in [0.3, 0.4) is 0 Å². The van der Waals surface area contributed by atoms with Crippen LogP contribution < -0.4 is 14.2 Å². The molecular weight excluding hydrogens is 502 g/mol. The van der Waals surface area contributed by atoms with Crippen molar-refractivity contribution in [3.8, 4) is 28.9 Å². The first-order valence-corrected chi connectivity index (χ1v) is 12.7. The first-order chi connectivity index (χ1) is 17.1. The summed E-state index contributed by atoms with van der Waals surface area (Å²) in [7, 11) is -2.55. The standard InChI is InChI=1S/C25H24ClN5O4S/c1-25(2,3)19-14-15-27-23(28-19)24-29-21(26)20(35-18-13-9-8-12-17(18)34-4)22(30-24)31-36(32,33)16-10-6-5-7-11-16/h5-15H,1-4H3,(H,29,30,31). The van der Waals surface area contributed by atoms with Gasteiger partial charge in [-0.2, -0.15) is 0 Å². The molecule has 11 heteroatoms. The number of hydrogen-bond acceptors (Lipinski definition) is 8. The van der Waals surface area contributed by atoms with Gasteiger partial charge < -0.3 is 9.47 Å². The van der Waals surface area contributed by atoms with Gasteiger partial charge in [0.15, 0.2) is 28.3 Å². The van der Waals surface area contributed by atoms with Gasteiger partial charge in [0.05, 0.1) is 12.0 Å². The fourth-order valence-electron chi connectivity index (χ4n) is 3.17. The van der Waals surface area contributed by atoms with Gasteiger partial charge in [-0.1, -0.05) is 62.7 Å². The highest BCUT2D eigenvalue weighted by molar-refractivity contribution is 7.92. The summed E-state index contributed by atoms with van der Waals surface area (Å²) in [5, 5.41) is -0.138. The highest BCUT2D eigenvalue weighted by Crippen LogP contribution is 2.39. The molecule has 0 spiro atoms. The number of benzene rings is 2. The van der Waals surface area contributed by atoms with Crippen molar-refractivity contribution in [3.63, 3.8) is 0 Å². The second kappa shape index (κ2) is 10.1. The zero-order chi connectivity index (χ0) is 25.9. The minimum Gasteiger partial charge on any atom is -0.493 e. The van der Waals surface area contributed by atoms with Gasteiger partial charge in [-0.15, -0.1) is 0 Å². The molecule has 0 fully saturated rings. The molecule has 4 rings (SSSR count). The molecule has 1 N–H and O–H groups in total. The number of halogens is 1. The van der Waals surface area contributed by atoms with Gasteiger partial charge >= 0.3 is 0 Å². The molecule has 0 aliphatic carbocycles. The molecule has 36 heavy (non-hydrogen) atoms. The zero-order valence-electron chi connectivity index (χ0n) is 20.1. The number of nitrogens with zero attached hydrogens (tertiary/aromatic N) is 4. The normalized spacial score (nSPS) is 11.7. The Hall–Kier alpha value is -3.76. The van der Waals surface area contributed by atoms with Crippen LogP contribution in [0.1, 0.15) is 26.5 Å². The van der Waals surface area contributed by atoms with Crippen molar-refractivity contribution in [2.75, 3.05) is 11.8 Å². The highest BCUT2D eigenvalue weighted by Gasteiger charge is 2.25. The summed E-state index contributed by atoms with van der Waals surface area (Å²) in [6.45, 7) is 6.03. The van der Waals surface area contributed by atoms with Crippen molar-refractivity contribution in [3.05, 3.63) is 77.7 Å². The molecule has 2 aromatic heterocycles. The molecule has 0 radical (unpaired) electrons. The fourth-order valence-corrected chi connectivity index (χ4v) is 4.40. The van der Waals surface area contributed by atoms with Gasteiger partial charge in [0.1, 0.15) is 0 Å². The molecular formula is C25H24ClN5O4S. The Balaban J connectivity index is 1.85. The largest absolute Gasteiger partial charge is 0.493 e. The van der Waals surface area contributed by atoms with Crippen molar-refractivity contribution in [1.29, 1.82) is 0 Å². The van der Waals surface area contributed by atoms with Gasteiger partial charge in [-0.05, 0) is 30.3 Å². The second-order valence-electron chi connectivity index (χ2n) is 8.70. The Kier molecular flexibility index (Phi) is 7.09. The molecule has 0 saturated carbocycles. The summed E-state index contributed by atoms with van der Waals surface area (Å²) < 4.78 is 40.1. The van der Waals surface area contributed by atoms with E-state index in [-0.39, 0.29) is 38.7 Å². The van der Waals surface area contributed by atoms with Crippen molar-refractivity contribution >= 4 is 27.4 Å². The number of anilines is 1. The van der Waals surface area contributed by atoms with Crippen molar-refractivity contribution < 1.29 is 17.9 Å². The number of methoxy groups -OCH3 is 1. The molecule has 0 unspecified atom stereocenters. The highest BCUT2D eigenvalue weighted by atomic mass is 35.5. The Labute approximate surface area is 214 Å². The quantitative estimate of drug-likeness (QED) is 0.315. The zero-order valence-corrected chi connectivity index (χ0v) is 21.6. The van der Waals surface area contributed by atoms with Crippen LogP contribution in [0.4, 0.5) is 5.82 Å². The maximum Gasteiger partial charge on any atom is 0.263 e. The third kappa shape index (κ3) is 5.55. The predicted octanol–water partition coefficient (Wildman–Crippen LogP) is 5.49. The number of sulfonamides is 1. The van der Waals surface area contributed by atoms with Crippen LogP contribution >= 0.6 is 11.6 Å². The lowest BCUT2D eigenvalue weighted by Crippen LogP contribution is -2.16. The van der Waals surface area contributed by atoms with Crippen LogP contribution in [-0.2, 0) is 15.4 Å². The lowest BCUT2D eigenvalue weighted by Gasteiger charge is -2.18. The third-order valence-corrected chi connectivity index (χ3v) is 6.62. The fraction of sp³-hybridized carbons (Fsp3) is 0.200. The number of rotatable bonds is 7. The lowest BCUT2D eigenvalue weighted by atomic mass is 9.92. The SMILES string of the molecule is COc1ccccc1Oc1c(Cl)nc(-c2nccc(C(C)(C)C)n2)nc1NS(=O)(=O)c1ccccc1. The summed E-state index contributed by atoms with van der Waals surface area (Å²) in [6, 6.07) is 16.5. The van der Waals surface area contributed by atoms with Crippen molar-refractivity contribution in [1.82, 2.24) is 19.9 Å². The van der Waals surface area contributed by atoms with E-state index in [9.17, 15) is 8.42 Å². The van der Waals surface area contributed by atoms with Gasteiger partial charge in [-0.25, -0.2) is 28.4 Å². The summed E-state index contributed by atoms with van der Waals surface area (Å²) in [4.78, 5) is 17.6. The minimum absolute atomic E-state index is 0.0317. The Morgan fingerprint density at radius 3 is 2.19 bits per heavy atom. The molecule has 4 aromatic rings. The van der Waals surface area contributed by atoms with E-state index in [0.717, 1.165) is 5.69 Å². The number of ether oxygens (including phenoxy) is 2. The maximum atomic E-state index is 13.1. The second-order valence-corrected chi connectivity index (χ2v) is 10.7. The minimum atomic E-state index is -4.04. The Morgan fingerprint density at radius 2 is 1.53 bits per heavy atom.